The maximum atomic E-state index is 13.0. The standard InChI is InChI=1S/C23H19N5O2/c24-8-16-3-1-2-4-19(16)20-5-6-21(29)28-12-15-7-17(22(20)28)13-27(11-15)23(30)18-9-25-14-26-10-18/h1-6,9-10,14-15,17H,7,11-13H2/t15-,17+/m0/s1. The molecule has 0 radical (unpaired) electrons. The van der Waals surface area contributed by atoms with Gasteiger partial charge in [-0.05, 0) is 24.5 Å². The zero-order chi connectivity index (χ0) is 20.7. The van der Waals surface area contributed by atoms with Crippen LogP contribution in [0.15, 0.2) is 59.9 Å². The van der Waals surface area contributed by atoms with Gasteiger partial charge in [0.05, 0.1) is 17.2 Å². The Bertz CT molecular complexity index is 1230. The molecular weight excluding hydrogens is 378 g/mol. The van der Waals surface area contributed by atoms with E-state index in [4.69, 9.17) is 0 Å². The Morgan fingerprint density at radius 3 is 2.63 bits per heavy atom. The molecule has 3 aromatic rings. The molecule has 30 heavy (non-hydrogen) atoms. The Labute approximate surface area is 173 Å². The van der Waals surface area contributed by atoms with E-state index < -0.39 is 0 Å². The van der Waals surface area contributed by atoms with Crippen molar-refractivity contribution in [3.05, 3.63) is 82.3 Å². The van der Waals surface area contributed by atoms with E-state index in [1.165, 1.54) is 18.7 Å². The number of piperidine rings is 1. The third kappa shape index (κ3) is 2.98. The normalized spacial score (nSPS) is 19.6. The Kier molecular flexibility index (Phi) is 4.40. The largest absolute Gasteiger partial charge is 0.338 e. The molecule has 2 aliphatic heterocycles. The zero-order valence-corrected chi connectivity index (χ0v) is 16.2. The third-order valence-corrected chi connectivity index (χ3v) is 6.02. The average molecular weight is 397 g/mol. The number of nitrogens with zero attached hydrogens (tertiary/aromatic N) is 5. The molecule has 7 nitrogen and oxygen atoms in total. The molecule has 148 valence electrons. The van der Waals surface area contributed by atoms with Crippen molar-refractivity contribution < 1.29 is 4.79 Å². The van der Waals surface area contributed by atoms with E-state index in [0.29, 0.717) is 30.8 Å². The first-order valence-corrected chi connectivity index (χ1v) is 9.93. The SMILES string of the molecule is N#Cc1ccccc1-c1ccc(=O)n2c1[C@@H]1C[C@@H](CN(C(=O)c3cncnc3)C1)C2. The summed E-state index contributed by atoms with van der Waals surface area (Å²) in [6.07, 6.45) is 5.39. The second-order valence-corrected chi connectivity index (χ2v) is 7.87. The second-order valence-electron chi connectivity index (χ2n) is 7.87. The summed E-state index contributed by atoms with van der Waals surface area (Å²) >= 11 is 0. The molecular formula is C23H19N5O2. The predicted molar refractivity (Wildman–Crippen MR) is 110 cm³/mol. The fraction of sp³-hybridized carbons (Fsp3) is 0.261. The third-order valence-electron chi connectivity index (χ3n) is 6.02. The van der Waals surface area contributed by atoms with Crippen LogP contribution in [0, 0.1) is 17.2 Å². The summed E-state index contributed by atoms with van der Waals surface area (Å²) in [5.41, 5.74) is 3.65. The molecule has 5 rings (SSSR count). The van der Waals surface area contributed by atoms with Gasteiger partial charge in [-0.3, -0.25) is 9.59 Å². The molecule has 0 aliphatic carbocycles. The highest BCUT2D eigenvalue weighted by molar-refractivity contribution is 5.93. The number of benzene rings is 1. The smallest absolute Gasteiger partial charge is 0.257 e. The lowest BCUT2D eigenvalue weighted by molar-refractivity contribution is 0.0594. The zero-order valence-electron chi connectivity index (χ0n) is 16.2. The van der Waals surface area contributed by atoms with Gasteiger partial charge < -0.3 is 9.47 Å². The molecule has 2 bridgehead atoms. The highest BCUT2D eigenvalue weighted by Crippen LogP contribution is 2.40. The minimum absolute atomic E-state index is 0.0294. The summed E-state index contributed by atoms with van der Waals surface area (Å²) in [4.78, 5) is 35.4. The van der Waals surface area contributed by atoms with Crippen LogP contribution in [-0.2, 0) is 6.54 Å². The van der Waals surface area contributed by atoms with E-state index in [1.54, 1.807) is 12.1 Å². The van der Waals surface area contributed by atoms with Gasteiger partial charge in [-0.2, -0.15) is 5.26 Å². The van der Waals surface area contributed by atoms with E-state index in [0.717, 1.165) is 23.2 Å². The Morgan fingerprint density at radius 1 is 1.03 bits per heavy atom. The minimum atomic E-state index is -0.0870. The monoisotopic (exact) mass is 397 g/mol. The van der Waals surface area contributed by atoms with E-state index >= 15 is 0 Å². The van der Waals surface area contributed by atoms with Gasteiger partial charge in [-0.1, -0.05) is 18.2 Å². The van der Waals surface area contributed by atoms with Crippen molar-refractivity contribution in [3.8, 4) is 17.2 Å². The molecule has 2 aromatic heterocycles. The highest BCUT2D eigenvalue weighted by atomic mass is 16.2. The number of hydrogen-bond donors (Lipinski definition) is 0. The van der Waals surface area contributed by atoms with E-state index in [1.807, 2.05) is 33.7 Å². The summed E-state index contributed by atoms with van der Waals surface area (Å²) in [5, 5.41) is 9.57. The molecule has 0 unspecified atom stereocenters. The van der Waals surface area contributed by atoms with Crippen LogP contribution in [0.5, 0.6) is 0 Å². The van der Waals surface area contributed by atoms with Crippen LogP contribution >= 0.6 is 0 Å². The van der Waals surface area contributed by atoms with E-state index in [9.17, 15) is 14.9 Å². The van der Waals surface area contributed by atoms with Gasteiger partial charge in [0, 0.05) is 60.8 Å². The highest BCUT2D eigenvalue weighted by Gasteiger charge is 2.38. The lowest BCUT2D eigenvalue weighted by Gasteiger charge is -2.43. The van der Waals surface area contributed by atoms with E-state index in [-0.39, 0.29) is 23.3 Å². The van der Waals surface area contributed by atoms with Crippen molar-refractivity contribution in [3.63, 3.8) is 0 Å². The van der Waals surface area contributed by atoms with Crippen LogP contribution in [0.25, 0.3) is 11.1 Å². The molecule has 1 amide bonds. The molecule has 4 heterocycles. The molecule has 7 heteroatoms. The first-order valence-electron chi connectivity index (χ1n) is 9.93. The molecule has 1 aromatic carbocycles. The van der Waals surface area contributed by atoms with Crippen LogP contribution in [0.4, 0.5) is 0 Å². The number of hydrogen-bond acceptors (Lipinski definition) is 5. The van der Waals surface area contributed by atoms with Gasteiger partial charge in [0.2, 0.25) is 0 Å². The number of amides is 1. The number of likely N-dealkylation sites (tertiary alicyclic amines) is 1. The van der Waals surface area contributed by atoms with Crippen molar-refractivity contribution in [1.82, 2.24) is 19.4 Å². The Hall–Kier alpha value is -3.79. The first kappa shape index (κ1) is 18.3. The summed E-state index contributed by atoms with van der Waals surface area (Å²) < 4.78 is 1.84. The molecule has 0 N–H and O–H groups in total. The molecule has 1 saturated heterocycles. The molecule has 2 aliphatic rings. The van der Waals surface area contributed by atoms with Crippen molar-refractivity contribution >= 4 is 5.91 Å². The lowest BCUT2D eigenvalue weighted by atomic mass is 9.80. The van der Waals surface area contributed by atoms with Gasteiger partial charge >= 0.3 is 0 Å². The Balaban J connectivity index is 1.58. The van der Waals surface area contributed by atoms with Crippen molar-refractivity contribution in [2.75, 3.05) is 13.1 Å². The molecule has 1 fully saturated rings. The summed E-state index contributed by atoms with van der Waals surface area (Å²) in [6.45, 7) is 1.70. The maximum Gasteiger partial charge on any atom is 0.257 e. The fourth-order valence-corrected chi connectivity index (χ4v) is 4.82. The second kappa shape index (κ2) is 7.23. The summed E-state index contributed by atoms with van der Waals surface area (Å²) in [7, 11) is 0. The quantitative estimate of drug-likeness (QED) is 0.662. The van der Waals surface area contributed by atoms with Crippen LogP contribution in [0.1, 0.15) is 34.0 Å². The number of nitriles is 1. The topological polar surface area (TPSA) is 91.9 Å². The van der Waals surface area contributed by atoms with E-state index in [2.05, 4.69) is 16.0 Å². The number of rotatable bonds is 2. The predicted octanol–water partition coefficient (Wildman–Crippen LogP) is 2.44. The number of carbonyl (C=O) groups excluding carboxylic acids is 1. The van der Waals surface area contributed by atoms with Crippen molar-refractivity contribution in [2.45, 2.75) is 18.9 Å². The average Bonchev–Trinajstić information content (AvgIpc) is 2.79. The number of aromatic nitrogens is 3. The number of carbonyl (C=O) groups is 1. The molecule has 2 atom stereocenters. The minimum Gasteiger partial charge on any atom is -0.338 e. The van der Waals surface area contributed by atoms with Crippen LogP contribution in [0.3, 0.4) is 0 Å². The molecule has 0 spiro atoms. The molecule has 0 saturated carbocycles. The number of fused-ring (bicyclic) bond motifs is 4. The summed E-state index contributed by atoms with van der Waals surface area (Å²) in [6, 6.07) is 13.1. The van der Waals surface area contributed by atoms with Gasteiger partial charge in [0.25, 0.3) is 11.5 Å². The van der Waals surface area contributed by atoms with Gasteiger partial charge in [0.1, 0.15) is 6.33 Å². The lowest BCUT2D eigenvalue weighted by Crippen LogP contribution is -2.49. The first-order chi connectivity index (χ1) is 14.7. The summed E-state index contributed by atoms with van der Waals surface area (Å²) in [5.74, 6) is 0.154. The van der Waals surface area contributed by atoms with Crippen molar-refractivity contribution in [1.29, 1.82) is 5.26 Å². The van der Waals surface area contributed by atoms with Crippen LogP contribution in [-0.4, -0.2) is 38.4 Å². The Morgan fingerprint density at radius 2 is 1.83 bits per heavy atom. The van der Waals surface area contributed by atoms with Gasteiger partial charge in [-0.15, -0.1) is 0 Å². The van der Waals surface area contributed by atoms with Gasteiger partial charge in [0.15, 0.2) is 0 Å². The fourth-order valence-electron chi connectivity index (χ4n) is 4.82. The van der Waals surface area contributed by atoms with Gasteiger partial charge in [-0.25, -0.2) is 9.97 Å². The van der Waals surface area contributed by atoms with Crippen LogP contribution < -0.4 is 5.56 Å². The number of pyridine rings is 1. The van der Waals surface area contributed by atoms with Crippen molar-refractivity contribution in [2.24, 2.45) is 5.92 Å². The van der Waals surface area contributed by atoms with Crippen LogP contribution in [0.2, 0.25) is 0 Å². The maximum absolute atomic E-state index is 13.0.